The first-order valence-electron chi connectivity index (χ1n) is 9.43. The number of esters is 1. The number of alkyl halides is 2. The monoisotopic (exact) mass is 519 g/mol. The number of amides is 2. The number of fused-ring (bicyclic) bond motifs is 1. The molecule has 0 unspecified atom stereocenters. The molecule has 1 aliphatic heterocycles. The molecule has 0 aromatic heterocycles. The van der Waals surface area contributed by atoms with Crippen LogP contribution in [-0.4, -0.2) is 27.4 Å². The zero-order chi connectivity index (χ0) is 20.5. The van der Waals surface area contributed by atoms with Gasteiger partial charge in [-0.25, -0.2) is 4.79 Å². The molecule has 1 aliphatic carbocycles. The molecule has 1 saturated heterocycles. The molecule has 5 nitrogen and oxygen atoms in total. The first-order chi connectivity index (χ1) is 14.0. The molecule has 0 N–H and O–H groups in total. The normalized spacial score (nSPS) is 26.3. The van der Waals surface area contributed by atoms with Gasteiger partial charge in [0.15, 0.2) is 0 Å². The molecule has 29 heavy (non-hydrogen) atoms. The van der Waals surface area contributed by atoms with Gasteiger partial charge >= 0.3 is 5.97 Å². The minimum absolute atomic E-state index is 0.153. The van der Waals surface area contributed by atoms with Crippen LogP contribution < -0.4 is 4.90 Å². The van der Waals surface area contributed by atoms with Gasteiger partial charge in [0.05, 0.1) is 23.1 Å². The number of hydrogen-bond acceptors (Lipinski definition) is 4. The van der Waals surface area contributed by atoms with Crippen molar-refractivity contribution in [2.45, 2.75) is 29.1 Å². The lowest BCUT2D eigenvalue weighted by atomic mass is 9.81. The molecule has 150 valence electrons. The van der Waals surface area contributed by atoms with Gasteiger partial charge < -0.3 is 4.74 Å². The molecule has 4 atom stereocenters. The summed E-state index contributed by atoms with van der Waals surface area (Å²) in [6.07, 6.45) is 1.22. The molecule has 0 bridgehead atoms. The molecule has 2 aromatic rings. The third kappa shape index (κ3) is 4.03. The number of anilines is 1. The van der Waals surface area contributed by atoms with E-state index in [9.17, 15) is 14.4 Å². The van der Waals surface area contributed by atoms with Gasteiger partial charge in [0.2, 0.25) is 11.8 Å². The van der Waals surface area contributed by atoms with Crippen LogP contribution in [0.1, 0.15) is 28.8 Å². The van der Waals surface area contributed by atoms with E-state index >= 15 is 0 Å². The molecule has 0 radical (unpaired) electrons. The molecule has 2 fully saturated rings. The van der Waals surface area contributed by atoms with Crippen molar-refractivity contribution in [2.75, 3.05) is 4.90 Å². The Bertz CT molecular complexity index is 921. The number of nitrogens with zero attached hydrogens (tertiary/aromatic N) is 1. The quantitative estimate of drug-likeness (QED) is 0.339. The third-order valence-electron chi connectivity index (χ3n) is 5.46. The minimum Gasteiger partial charge on any atom is -0.457 e. The number of halogens is 2. The van der Waals surface area contributed by atoms with Crippen molar-refractivity contribution >= 4 is 55.3 Å². The summed E-state index contributed by atoms with van der Waals surface area (Å²) in [4.78, 5) is 39.9. The Hall–Kier alpha value is -1.99. The van der Waals surface area contributed by atoms with Crippen molar-refractivity contribution in [3.05, 3.63) is 65.7 Å². The average molecular weight is 521 g/mol. The summed E-state index contributed by atoms with van der Waals surface area (Å²) in [5, 5.41) is 0. The molecule has 2 aromatic carbocycles. The zero-order valence-corrected chi connectivity index (χ0v) is 18.6. The number of benzene rings is 2. The SMILES string of the molecule is O=C(OCc1ccccc1)c1cccc(N2C(=O)[C@@H]3C[C@H](Br)[C@@H](Br)C[C@H]3C2=O)c1. The molecule has 2 aliphatic rings. The van der Waals surface area contributed by atoms with E-state index in [0.717, 1.165) is 5.56 Å². The van der Waals surface area contributed by atoms with Gasteiger partial charge in [0, 0.05) is 9.65 Å². The Balaban J connectivity index is 1.52. The van der Waals surface area contributed by atoms with Crippen molar-refractivity contribution in [3.8, 4) is 0 Å². The van der Waals surface area contributed by atoms with E-state index in [1.807, 2.05) is 30.3 Å². The standard InChI is InChI=1S/C22H19Br2NO4/c23-18-10-16-17(11-19(18)24)21(27)25(20(16)26)15-8-4-7-14(9-15)22(28)29-12-13-5-2-1-3-6-13/h1-9,16-19H,10-12H2/t16-,17-,18+,19+/m1/s1. The van der Waals surface area contributed by atoms with Gasteiger partial charge in [-0.2, -0.15) is 0 Å². The van der Waals surface area contributed by atoms with Gasteiger partial charge in [0.25, 0.3) is 0 Å². The maximum absolute atomic E-state index is 12.9. The summed E-state index contributed by atoms with van der Waals surface area (Å²) in [6, 6.07) is 15.9. The smallest absolute Gasteiger partial charge is 0.338 e. The van der Waals surface area contributed by atoms with E-state index in [0.29, 0.717) is 24.1 Å². The second kappa shape index (κ2) is 8.40. The first kappa shape index (κ1) is 20.3. The maximum Gasteiger partial charge on any atom is 0.338 e. The number of imide groups is 1. The highest BCUT2D eigenvalue weighted by Crippen LogP contribution is 2.44. The average Bonchev–Trinajstić information content (AvgIpc) is 2.97. The van der Waals surface area contributed by atoms with Gasteiger partial charge in [-0.05, 0) is 36.6 Å². The highest BCUT2D eigenvalue weighted by atomic mass is 79.9. The van der Waals surface area contributed by atoms with Crippen LogP contribution in [0.25, 0.3) is 0 Å². The molecule has 1 saturated carbocycles. The second-order valence-corrected chi connectivity index (χ2v) is 9.69. The van der Waals surface area contributed by atoms with E-state index in [-0.39, 0.29) is 39.9 Å². The minimum atomic E-state index is -0.492. The summed E-state index contributed by atoms with van der Waals surface area (Å²) in [7, 11) is 0. The van der Waals surface area contributed by atoms with Crippen LogP contribution in [0, 0.1) is 11.8 Å². The number of carbonyl (C=O) groups excluding carboxylic acids is 3. The van der Waals surface area contributed by atoms with E-state index in [1.165, 1.54) is 4.90 Å². The van der Waals surface area contributed by atoms with Crippen molar-refractivity contribution in [2.24, 2.45) is 11.8 Å². The Morgan fingerprint density at radius 2 is 1.55 bits per heavy atom. The molecule has 4 rings (SSSR count). The molecular weight excluding hydrogens is 502 g/mol. The van der Waals surface area contributed by atoms with Crippen LogP contribution in [0.4, 0.5) is 5.69 Å². The number of ether oxygens (including phenoxy) is 1. The summed E-state index contributed by atoms with van der Waals surface area (Å²) >= 11 is 7.18. The molecule has 7 heteroatoms. The fourth-order valence-corrected chi connectivity index (χ4v) is 5.17. The molecule has 2 amide bonds. The largest absolute Gasteiger partial charge is 0.457 e. The van der Waals surface area contributed by atoms with Gasteiger partial charge in [0.1, 0.15) is 6.61 Å². The number of carbonyl (C=O) groups is 3. The summed E-state index contributed by atoms with van der Waals surface area (Å²) in [6.45, 7) is 0.162. The van der Waals surface area contributed by atoms with Gasteiger partial charge in [-0.15, -0.1) is 0 Å². The van der Waals surface area contributed by atoms with Crippen molar-refractivity contribution < 1.29 is 19.1 Å². The second-order valence-electron chi connectivity index (χ2n) is 7.34. The van der Waals surface area contributed by atoms with Crippen LogP contribution in [0.5, 0.6) is 0 Å². The van der Waals surface area contributed by atoms with Crippen LogP contribution in [0.15, 0.2) is 54.6 Å². The maximum atomic E-state index is 12.9. The van der Waals surface area contributed by atoms with E-state index in [2.05, 4.69) is 31.9 Å². The van der Waals surface area contributed by atoms with E-state index < -0.39 is 5.97 Å². The number of hydrogen-bond donors (Lipinski definition) is 0. The molecule has 1 heterocycles. The third-order valence-corrected chi connectivity index (χ3v) is 8.20. The van der Waals surface area contributed by atoms with Crippen LogP contribution in [0.3, 0.4) is 0 Å². The van der Waals surface area contributed by atoms with Gasteiger partial charge in [-0.1, -0.05) is 68.3 Å². The van der Waals surface area contributed by atoms with Crippen LogP contribution in [0.2, 0.25) is 0 Å². The van der Waals surface area contributed by atoms with E-state index in [1.54, 1.807) is 24.3 Å². The topological polar surface area (TPSA) is 63.7 Å². The lowest BCUT2D eigenvalue weighted by Gasteiger charge is -2.29. The molecule has 0 spiro atoms. The summed E-state index contributed by atoms with van der Waals surface area (Å²) in [5.74, 6) is -1.53. The molecular formula is C22H19Br2NO4. The van der Waals surface area contributed by atoms with E-state index in [4.69, 9.17) is 4.74 Å². The Kier molecular flexibility index (Phi) is 5.88. The van der Waals surface area contributed by atoms with Gasteiger partial charge in [-0.3, -0.25) is 14.5 Å². The Labute approximate surface area is 185 Å². The lowest BCUT2D eigenvalue weighted by Crippen LogP contribution is -2.34. The Morgan fingerprint density at radius 1 is 0.931 bits per heavy atom. The first-order valence-corrected chi connectivity index (χ1v) is 11.3. The van der Waals surface area contributed by atoms with Crippen LogP contribution in [-0.2, 0) is 20.9 Å². The Morgan fingerprint density at radius 3 is 2.17 bits per heavy atom. The highest BCUT2D eigenvalue weighted by molar-refractivity contribution is 9.12. The zero-order valence-electron chi connectivity index (χ0n) is 15.5. The predicted octanol–water partition coefficient (Wildman–Crippen LogP) is 4.47. The predicted molar refractivity (Wildman–Crippen MR) is 116 cm³/mol. The van der Waals surface area contributed by atoms with Crippen molar-refractivity contribution in [3.63, 3.8) is 0 Å². The van der Waals surface area contributed by atoms with Crippen molar-refractivity contribution in [1.29, 1.82) is 0 Å². The fourth-order valence-electron chi connectivity index (χ4n) is 3.93. The number of rotatable bonds is 4. The summed E-state index contributed by atoms with van der Waals surface area (Å²) < 4.78 is 5.37. The highest BCUT2D eigenvalue weighted by Gasteiger charge is 2.52. The lowest BCUT2D eigenvalue weighted by molar-refractivity contribution is -0.122. The summed E-state index contributed by atoms with van der Waals surface area (Å²) in [5.41, 5.74) is 1.62. The van der Waals surface area contributed by atoms with Crippen LogP contribution >= 0.6 is 31.9 Å². The van der Waals surface area contributed by atoms with Crippen molar-refractivity contribution in [1.82, 2.24) is 0 Å². The fraction of sp³-hybridized carbons (Fsp3) is 0.318.